The summed E-state index contributed by atoms with van der Waals surface area (Å²) in [7, 11) is 0. The summed E-state index contributed by atoms with van der Waals surface area (Å²) in [4.78, 5) is 3.64. The van der Waals surface area contributed by atoms with Gasteiger partial charge in [-0.25, -0.2) is 4.98 Å². The van der Waals surface area contributed by atoms with Crippen LogP contribution in [-0.2, 0) is 6.18 Å². The normalized spacial score (nSPS) is 37.9. The predicted octanol–water partition coefficient (Wildman–Crippen LogP) is 2.62. The van der Waals surface area contributed by atoms with E-state index in [0.717, 1.165) is 12.1 Å². The van der Waals surface area contributed by atoms with Gasteiger partial charge < -0.3 is 10.1 Å². The van der Waals surface area contributed by atoms with Crippen LogP contribution in [0.15, 0.2) is 18.3 Å². The first-order valence-corrected chi connectivity index (χ1v) is 6.15. The first-order valence-electron chi connectivity index (χ1n) is 7.15. The van der Waals surface area contributed by atoms with Crippen molar-refractivity contribution in [3.05, 3.63) is 23.9 Å². The van der Waals surface area contributed by atoms with Crippen molar-refractivity contribution in [1.82, 2.24) is 10.3 Å². The van der Waals surface area contributed by atoms with Crippen LogP contribution in [0.3, 0.4) is 0 Å². The average Bonchev–Trinajstić information content (AvgIpc) is 2.86. The Morgan fingerprint density at radius 1 is 1.47 bits per heavy atom. The number of hydrogen-bond donors (Lipinski definition) is 1. The lowest BCUT2D eigenvalue weighted by Crippen LogP contribution is -2.44. The molecule has 1 unspecified atom stereocenters. The van der Waals surface area contributed by atoms with Crippen molar-refractivity contribution in [2.24, 2.45) is 5.92 Å². The topological polar surface area (TPSA) is 34.1 Å². The number of nitrogens with one attached hydrogen (secondary N) is 1. The molecule has 0 amide bonds. The van der Waals surface area contributed by atoms with E-state index in [-0.39, 0.29) is 23.9 Å². The molecule has 3 nitrogen and oxygen atoms in total. The second kappa shape index (κ2) is 4.37. The Morgan fingerprint density at radius 2 is 2.26 bits per heavy atom. The highest BCUT2D eigenvalue weighted by atomic mass is 19.4. The summed E-state index contributed by atoms with van der Waals surface area (Å²) in [5, 5.41) is 3.24. The van der Waals surface area contributed by atoms with Gasteiger partial charge in [-0.1, -0.05) is 0 Å². The second-order valence-corrected chi connectivity index (χ2v) is 4.99. The molecular formula is C13H15F3N2O. The lowest BCUT2D eigenvalue weighted by Gasteiger charge is -2.27. The van der Waals surface area contributed by atoms with Crippen LogP contribution in [0.5, 0.6) is 5.88 Å². The van der Waals surface area contributed by atoms with Crippen molar-refractivity contribution in [3.8, 4) is 5.88 Å². The van der Waals surface area contributed by atoms with E-state index in [9.17, 15) is 13.2 Å². The lowest BCUT2D eigenvalue weighted by atomic mass is 10.0. The Bertz CT molecular complexity index is 535. The quantitative estimate of drug-likeness (QED) is 0.900. The molecule has 1 saturated heterocycles. The zero-order valence-corrected chi connectivity index (χ0v) is 10.2. The van der Waals surface area contributed by atoms with Gasteiger partial charge in [-0.05, 0) is 31.7 Å². The van der Waals surface area contributed by atoms with Crippen LogP contribution in [0.25, 0.3) is 0 Å². The number of halogens is 3. The molecule has 2 heterocycles. The van der Waals surface area contributed by atoms with E-state index in [0.29, 0.717) is 12.6 Å². The number of piperidine rings is 1. The van der Waals surface area contributed by atoms with Crippen LogP contribution in [0.2, 0.25) is 0 Å². The van der Waals surface area contributed by atoms with Gasteiger partial charge in [0, 0.05) is 27.1 Å². The van der Waals surface area contributed by atoms with E-state index in [1.54, 1.807) is 0 Å². The minimum atomic E-state index is -4.44. The Kier molecular flexibility index (Phi) is 2.41. The molecule has 1 aliphatic heterocycles. The van der Waals surface area contributed by atoms with E-state index in [2.05, 4.69) is 10.3 Å². The molecule has 3 rings (SSSR count). The van der Waals surface area contributed by atoms with Crippen LogP contribution in [-0.4, -0.2) is 23.2 Å². The van der Waals surface area contributed by atoms with E-state index >= 15 is 0 Å². The number of alkyl halides is 3. The third kappa shape index (κ3) is 2.41. The van der Waals surface area contributed by atoms with Gasteiger partial charge in [-0.2, -0.15) is 13.2 Å². The van der Waals surface area contributed by atoms with Crippen molar-refractivity contribution < 1.29 is 20.6 Å². The number of pyridine rings is 1. The van der Waals surface area contributed by atoms with Gasteiger partial charge in [-0.15, -0.1) is 0 Å². The molecule has 0 radical (unpaired) electrons. The molecule has 0 aromatic carbocycles. The lowest BCUT2D eigenvalue weighted by molar-refractivity contribution is -0.137. The Labute approximate surface area is 112 Å². The molecule has 0 spiro atoms. The Hall–Kier alpha value is -1.30. The maximum Gasteiger partial charge on any atom is 0.417 e. The molecule has 1 aromatic rings. The van der Waals surface area contributed by atoms with Crippen molar-refractivity contribution in [1.29, 1.82) is 0 Å². The minimum absolute atomic E-state index is 0.0129. The van der Waals surface area contributed by atoms with Gasteiger partial charge in [0.2, 0.25) is 5.88 Å². The van der Waals surface area contributed by atoms with Crippen LogP contribution in [0, 0.1) is 5.92 Å². The van der Waals surface area contributed by atoms with E-state index in [4.69, 9.17) is 7.48 Å². The molecule has 2 aliphatic rings. The van der Waals surface area contributed by atoms with Gasteiger partial charge >= 0.3 is 6.18 Å². The average molecular weight is 274 g/mol. The van der Waals surface area contributed by atoms with Crippen molar-refractivity contribution in [2.45, 2.75) is 44.1 Å². The van der Waals surface area contributed by atoms with E-state index in [1.165, 1.54) is 0 Å². The zero-order chi connectivity index (χ0) is 15.4. The molecule has 104 valence electrons. The fourth-order valence-electron chi connectivity index (χ4n) is 2.61. The second-order valence-electron chi connectivity index (χ2n) is 4.99. The number of nitrogens with zero attached hydrogens (tertiary/aromatic N) is 1. The Morgan fingerprint density at radius 3 is 2.79 bits per heavy atom. The molecule has 1 aromatic heterocycles. The number of aromatic nitrogens is 1. The number of ether oxygens (including phenoxy) is 1. The van der Waals surface area contributed by atoms with E-state index in [1.807, 2.05) is 6.92 Å². The minimum Gasteiger partial charge on any atom is -0.473 e. The third-order valence-electron chi connectivity index (χ3n) is 3.64. The third-order valence-corrected chi connectivity index (χ3v) is 3.64. The van der Waals surface area contributed by atoms with Gasteiger partial charge in [-0.3, -0.25) is 0 Å². The summed E-state index contributed by atoms with van der Waals surface area (Å²) in [6.07, 6.45) is -5.32. The molecule has 2 bridgehead atoms. The zero-order valence-electron chi connectivity index (χ0n) is 12.2. The highest BCUT2D eigenvalue weighted by molar-refractivity contribution is 5.21. The fourth-order valence-corrected chi connectivity index (χ4v) is 2.61. The summed E-state index contributed by atoms with van der Waals surface area (Å²) < 4.78 is 59.2. The van der Waals surface area contributed by atoms with Gasteiger partial charge in [0.1, 0.15) is 6.10 Å². The van der Waals surface area contributed by atoms with Crippen molar-refractivity contribution in [3.63, 3.8) is 0 Å². The molecular weight excluding hydrogens is 257 g/mol. The standard InChI is InChI=1S/C13H15F3N2O/c1-7-8-4-10(18-7)11(5-8)19-12-3-2-9(6-17-12)13(14,15)16/h2-3,6-8,10-11,18H,4-5H2,1H3/t7-,8-,10+,11?/m1/s1/i5D2. The van der Waals surface area contributed by atoms with Crippen molar-refractivity contribution in [2.75, 3.05) is 0 Å². The van der Waals surface area contributed by atoms with E-state index < -0.39 is 24.2 Å². The molecule has 4 atom stereocenters. The summed E-state index contributed by atoms with van der Waals surface area (Å²) in [5.74, 6) is -0.138. The highest BCUT2D eigenvalue weighted by Gasteiger charge is 2.45. The number of hydrogen-bond acceptors (Lipinski definition) is 3. The van der Waals surface area contributed by atoms with Gasteiger partial charge in [0.15, 0.2) is 0 Å². The molecule has 19 heavy (non-hydrogen) atoms. The number of rotatable bonds is 2. The van der Waals surface area contributed by atoms with Crippen LogP contribution in [0.4, 0.5) is 13.2 Å². The first-order chi connectivity index (χ1) is 9.69. The maximum absolute atomic E-state index is 12.5. The van der Waals surface area contributed by atoms with Gasteiger partial charge in [0.05, 0.1) is 5.56 Å². The van der Waals surface area contributed by atoms with Crippen LogP contribution in [0.1, 0.15) is 28.0 Å². The highest BCUT2D eigenvalue weighted by Crippen LogP contribution is 2.37. The summed E-state index contributed by atoms with van der Waals surface area (Å²) in [6, 6.07) is 1.96. The largest absolute Gasteiger partial charge is 0.473 e. The Balaban J connectivity index is 1.76. The fraction of sp³-hybridized carbons (Fsp3) is 0.615. The monoisotopic (exact) mass is 274 g/mol. The predicted molar refractivity (Wildman–Crippen MR) is 62.8 cm³/mol. The molecule has 2 fully saturated rings. The van der Waals surface area contributed by atoms with Crippen LogP contribution >= 0.6 is 0 Å². The molecule has 1 saturated carbocycles. The summed E-state index contributed by atoms with van der Waals surface area (Å²) in [5.41, 5.74) is -0.849. The number of fused-ring (bicyclic) bond motifs is 2. The first kappa shape index (κ1) is 10.5. The van der Waals surface area contributed by atoms with Crippen LogP contribution < -0.4 is 10.1 Å². The molecule has 1 aliphatic carbocycles. The molecule has 6 heteroatoms. The summed E-state index contributed by atoms with van der Waals surface area (Å²) >= 11 is 0. The maximum atomic E-state index is 12.5. The molecule has 1 N–H and O–H groups in total. The SMILES string of the molecule is [2H]C1([2H])C(Oc2ccc(C(F)(F)F)cn2)[C@@H]2C[C@H]1[C@@H](C)N2. The summed E-state index contributed by atoms with van der Waals surface area (Å²) in [6.45, 7) is 1.93. The van der Waals surface area contributed by atoms with Crippen molar-refractivity contribution >= 4 is 0 Å². The smallest absolute Gasteiger partial charge is 0.417 e. The van der Waals surface area contributed by atoms with Gasteiger partial charge in [0.25, 0.3) is 0 Å².